The molecule has 2 N–H and O–H groups in total. The predicted octanol–water partition coefficient (Wildman–Crippen LogP) is 3.26. The Bertz CT molecular complexity index is 1040. The third-order valence-corrected chi connectivity index (χ3v) is 5.26. The van der Waals surface area contributed by atoms with Gasteiger partial charge in [0.2, 0.25) is 5.91 Å². The molecule has 2 heterocycles. The number of benzene rings is 2. The summed E-state index contributed by atoms with van der Waals surface area (Å²) in [7, 11) is 0. The van der Waals surface area contributed by atoms with Gasteiger partial charge < -0.3 is 10.6 Å². The van der Waals surface area contributed by atoms with E-state index in [1.165, 1.54) is 0 Å². The Hall–Kier alpha value is -3.54. The van der Waals surface area contributed by atoms with Crippen molar-refractivity contribution in [1.82, 2.24) is 14.9 Å². The molecule has 1 aromatic heterocycles. The van der Waals surface area contributed by atoms with Gasteiger partial charge in [-0.25, -0.2) is 0 Å². The minimum Gasteiger partial charge on any atom is -0.366 e. The highest BCUT2D eigenvalue weighted by molar-refractivity contribution is 5.94. The maximum absolute atomic E-state index is 12.9. The monoisotopic (exact) mass is 386 g/mol. The lowest BCUT2D eigenvalue weighted by Gasteiger charge is -2.33. The molecule has 2 aromatic carbocycles. The van der Waals surface area contributed by atoms with Crippen molar-refractivity contribution in [2.75, 3.05) is 13.1 Å². The van der Waals surface area contributed by atoms with Crippen molar-refractivity contribution in [3.8, 4) is 11.3 Å². The third-order valence-electron chi connectivity index (χ3n) is 5.26. The van der Waals surface area contributed by atoms with Crippen molar-refractivity contribution in [3.63, 3.8) is 0 Å². The first-order chi connectivity index (χ1) is 14.1. The Morgan fingerprint density at radius 3 is 2.52 bits per heavy atom. The van der Waals surface area contributed by atoms with E-state index in [9.17, 15) is 9.59 Å². The molecule has 1 fully saturated rings. The molecule has 1 atom stereocenters. The lowest BCUT2D eigenvalue weighted by Crippen LogP contribution is -2.39. The second-order valence-corrected chi connectivity index (χ2v) is 7.19. The van der Waals surface area contributed by atoms with Gasteiger partial charge in [0.25, 0.3) is 5.91 Å². The van der Waals surface area contributed by atoms with Crippen LogP contribution in [0.15, 0.2) is 67.0 Å². The van der Waals surface area contributed by atoms with Gasteiger partial charge in [0.1, 0.15) is 0 Å². The quantitative estimate of drug-likeness (QED) is 0.745. The Labute approximate surface area is 169 Å². The van der Waals surface area contributed by atoms with Crippen LogP contribution in [0.25, 0.3) is 11.3 Å². The number of nitrogens with two attached hydrogens (primary N) is 1. The highest BCUT2D eigenvalue weighted by Crippen LogP contribution is 2.32. The molecule has 0 spiro atoms. The van der Waals surface area contributed by atoms with Crippen molar-refractivity contribution < 1.29 is 9.59 Å². The summed E-state index contributed by atoms with van der Waals surface area (Å²) >= 11 is 0. The Morgan fingerprint density at radius 1 is 0.966 bits per heavy atom. The predicted molar refractivity (Wildman–Crippen MR) is 110 cm³/mol. The summed E-state index contributed by atoms with van der Waals surface area (Å²) in [6.45, 7) is 1.33. The zero-order valence-electron chi connectivity index (χ0n) is 16.0. The number of hydrogen-bond acceptors (Lipinski definition) is 4. The van der Waals surface area contributed by atoms with Crippen LogP contribution in [0.2, 0.25) is 0 Å². The number of primary amides is 1. The molecule has 0 bridgehead atoms. The maximum atomic E-state index is 12.9. The lowest BCUT2D eigenvalue weighted by molar-refractivity contribution is 0.0705. The number of carbonyl (C=O) groups is 2. The van der Waals surface area contributed by atoms with Crippen LogP contribution in [0.5, 0.6) is 0 Å². The SMILES string of the molecule is NC(=O)c1cccc(-c2nccnc2[C@H]2CCCN(C(=O)c3ccccc3)C2)c1. The molecular weight excluding hydrogens is 364 g/mol. The smallest absolute Gasteiger partial charge is 0.253 e. The van der Waals surface area contributed by atoms with E-state index >= 15 is 0 Å². The fraction of sp³-hybridized carbons (Fsp3) is 0.217. The summed E-state index contributed by atoms with van der Waals surface area (Å²) in [4.78, 5) is 35.5. The second kappa shape index (κ2) is 8.22. The van der Waals surface area contributed by atoms with E-state index < -0.39 is 5.91 Å². The summed E-state index contributed by atoms with van der Waals surface area (Å²) in [6, 6.07) is 16.5. The van der Waals surface area contributed by atoms with Gasteiger partial charge in [-0.05, 0) is 37.1 Å². The molecule has 1 aliphatic heterocycles. The van der Waals surface area contributed by atoms with Crippen molar-refractivity contribution in [1.29, 1.82) is 0 Å². The van der Waals surface area contributed by atoms with Crippen LogP contribution >= 0.6 is 0 Å². The van der Waals surface area contributed by atoms with E-state index in [-0.39, 0.29) is 11.8 Å². The molecule has 29 heavy (non-hydrogen) atoms. The first-order valence-corrected chi connectivity index (χ1v) is 9.69. The molecule has 4 rings (SSSR count). The minimum atomic E-state index is -0.477. The van der Waals surface area contributed by atoms with Gasteiger partial charge >= 0.3 is 0 Å². The van der Waals surface area contributed by atoms with Crippen molar-refractivity contribution in [2.24, 2.45) is 5.73 Å². The van der Waals surface area contributed by atoms with E-state index in [1.54, 1.807) is 30.6 Å². The summed E-state index contributed by atoms with van der Waals surface area (Å²) in [5.41, 5.74) is 8.94. The number of nitrogens with zero attached hydrogens (tertiary/aromatic N) is 3. The van der Waals surface area contributed by atoms with Gasteiger partial charge in [-0.2, -0.15) is 0 Å². The average molecular weight is 386 g/mol. The zero-order valence-corrected chi connectivity index (χ0v) is 16.0. The lowest BCUT2D eigenvalue weighted by atomic mass is 9.91. The highest BCUT2D eigenvalue weighted by Gasteiger charge is 2.28. The Morgan fingerprint density at radius 2 is 1.72 bits per heavy atom. The van der Waals surface area contributed by atoms with Crippen LogP contribution in [0, 0.1) is 0 Å². The largest absolute Gasteiger partial charge is 0.366 e. The topological polar surface area (TPSA) is 89.2 Å². The molecule has 0 saturated carbocycles. The van der Waals surface area contributed by atoms with Gasteiger partial charge in [-0.3, -0.25) is 19.6 Å². The van der Waals surface area contributed by atoms with Crippen LogP contribution in [0.1, 0.15) is 45.2 Å². The average Bonchev–Trinajstić information content (AvgIpc) is 2.79. The third kappa shape index (κ3) is 4.01. The summed E-state index contributed by atoms with van der Waals surface area (Å²) < 4.78 is 0. The van der Waals surface area contributed by atoms with Gasteiger partial charge in [-0.1, -0.05) is 30.3 Å². The molecule has 1 saturated heterocycles. The number of likely N-dealkylation sites (tertiary alicyclic amines) is 1. The van der Waals surface area contributed by atoms with Gasteiger partial charge in [0, 0.05) is 48.1 Å². The van der Waals surface area contributed by atoms with Crippen molar-refractivity contribution in [3.05, 3.63) is 83.8 Å². The van der Waals surface area contributed by atoms with Crippen LogP contribution in [0.3, 0.4) is 0 Å². The molecule has 3 aromatic rings. The first kappa shape index (κ1) is 18.8. The standard InChI is InChI=1S/C23H22N4O2/c24-22(28)18-9-4-8-17(14-18)20-21(26-12-11-25-20)19-10-5-13-27(15-19)23(29)16-6-2-1-3-7-16/h1-4,6-9,11-12,14,19H,5,10,13,15H2,(H2,24,28)/t19-/m0/s1. The number of carbonyl (C=O) groups excluding carboxylic acids is 2. The van der Waals surface area contributed by atoms with E-state index in [1.807, 2.05) is 41.3 Å². The van der Waals surface area contributed by atoms with Crippen molar-refractivity contribution >= 4 is 11.8 Å². The van der Waals surface area contributed by atoms with E-state index in [2.05, 4.69) is 9.97 Å². The van der Waals surface area contributed by atoms with Crippen LogP contribution in [0.4, 0.5) is 0 Å². The fourth-order valence-corrected chi connectivity index (χ4v) is 3.84. The van der Waals surface area contributed by atoms with Crippen LogP contribution in [-0.2, 0) is 0 Å². The molecule has 2 amide bonds. The number of aromatic nitrogens is 2. The number of hydrogen-bond donors (Lipinski definition) is 1. The molecule has 1 aliphatic rings. The van der Waals surface area contributed by atoms with Crippen molar-refractivity contribution in [2.45, 2.75) is 18.8 Å². The molecule has 146 valence electrons. The second-order valence-electron chi connectivity index (χ2n) is 7.19. The summed E-state index contributed by atoms with van der Waals surface area (Å²) in [6.07, 6.45) is 5.15. The summed E-state index contributed by atoms with van der Waals surface area (Å²) in [5, 5.41) is 0. The van der Waals surface area contributed by atoms with Gasteiger partial charge in [0.15, 0.2) is 0 Å². The minimum absolute atomic E-state index is 0.0384. The number of piperidine rings is 1. The van der Waals surface area contributed by atoms with Gasteiger partial charge in [-0.15, -0.1) is 0 Å². The Balaban J connectivity index is 1.63. The molecule has 0 unspecified atom stereocenters. The highest BCUT2D eigenvalue weighted by atomic mass is 16.2. The molecule has 0 aliphatic carbocycles. The fourth-order valence-electron chi connectivity index (χ4n) is 3.84. The van der Waals surface area contributed by atoms with Crippen LogP contribution in [-0.4, -0.2) is 39.8 Å². The Kier molecular flexibility index (Phi) is 5.33. The van der Waals surface area contributed by atoms with E-state index in [0.717, 1.165) is 36.3 Å². The van der Waals surface area contributed by atoms with Gasteiger partial charge in [0.05, 0.1) is 11.4 Å². The maximum Gasteiger partial charge on any atom is 0.253 e. The first-order valence-electron chi connectivity index (χ1n) is 9.69. The van der Waals surface area contributed by atoms with E-state index in [4.69, 9.17) is 5.73 Å². The number of amides is 2. The summed E-state index contributed by atoms with van der Waals surface area (Å²) in [5.74, 6) is -0.358. The molecular formula is C23H22N4O2. The molecule has 0 radical (unpaired) electrons. The number of rotatable bonds is 4. The van der Waals surface area contributed by atoms with Crippen LogP contribution < -0.4 is 5.73 Å². The van der Waals surface area contributed by atoms with E-state index in [0.29, 0.717) is 17.7 Å². The normalized spacial score (nSPS) is 16.4. The molecule has 6 nitrogen and oxygen atoms in total. The zero-order chi connectivity index (χ0) is 20.2. The molecule has 6 heteroatoms.